The molecule has 0 bridgehead atoms. The molecule has 4 heterocycles. The van der Waals surface area contributed by atoms with Crippen LogP contribution in [-0.2, 0) is 9.53 Å². The summed E-state index contributed by atoms with van der Waals surface area (Å²) >= 11 is 3.31. The fraction of sp³-hybridized carbons (Fsp3) is 0.533. The van der Waals surface area contributed by atoms with Crippen LogP contribution in [0.4, 0.5) is 0 Å². The Kier molecular flexibility index (Phi) is 10.4. The Morgan fingerprint density at radius 1 is 0.778 bits per heavy atom. The number of carbonyl (C=O) groups excluding carboxylic acids is 1. The molecule has 0 saturated heterocycles. The first-order valence-electron chi connectivity index (χ1n) is 13.9. The first-order chi connectivity index (χ1) is 17.8. The lowest BCUT2D eigenvalue weighted by molar-refractivity contribution is -0.123. The van der Waals surface area contributed by atoms with Crippen molar-refractivity contribution >= 4 is 45.9 Å². The standard InChI is InChI=1S/C30H40N2O2S2/c1-3-5-7-9-11-13-19-32-28(24-18-16-22-36-24)26-25(30(32)33)27(23-17-15-21-35-23)31-29(26)34-20-14-12-10-8-6-4-2/h15-18,21-22H,3-14,19-20H2,1-2H3. The Balaban J connectivity index is 1.56. The normalized spacial score (nSPS) is 15.3. The van der Waals surface area contributed by atoms with Crippen LogP contribution in [0.15, 0.2) is 51.2 Å². The molecule has 2 aromatic heterocycles. The second-order valence-corrected chi connectivity index (χ2v) is 11.6. The molecule has 36 heavy (non-hydrogen) atoms. The number of nitrogens with zero attached hydrogens (tertiary/aromatic N) is 2. The molecule has 0 saturated carbocycles. The van der Waals surface area contributed by atoms with E-state index in [1.54, 1.807) is 22.7 Å². The van der Waals surface area contributed by atoms with Gasteiger partial charge >= 0.3 is 0 Å². The van der Waals surface area contributed by atoms with Crippen LogP contribution in [-0.4, -0.2) is 29.9 Å². The first kappa shape index (κ1) is 26.9. The Morgan fingerprint density at radius 2 is 1.39 bits per heavy atom. The van der Waals surface area contributed by atoms with Gasteiger partial charge in [0, 0.05) is 6.54 Å². The fourth-order valence-electron chi connectivity index (χ4n) is 4.92. The highest BCUT2D eigenvalue weighted by molar-refractivity contribution is 7.11. The van der Waals surface area contributed by atoms with Crippen LogP contribution in [0, 0.1) is 0 Å². The molecular formula is C30H40N2O2S2. The third kappa shape index (κ3) is 6.38. The smallest absolute Gasteiger partial charge is 0.261 e. The van der Waals surface area contributed by atoms with Crippen LogP contribution in [0.3, 0.4) is 0 Å². The number of carbonyl (C=O) groups is 1. The van der Waals surface area contributed by atoms with Gasteiger partial charge in [-0.15, -0.1) is 22.7 Å². The van der Waals surface area contributed by atoms with Crippen LogP contribution in [0.2, 0.25) is 0 Å². The van der Waals surface area contributed by atoms with Crippen LogP contribution < -0.4 is 0 Å². The maximum Gasteiger partial charge on any atom is 0.261 e. The van der Waals surface area contributed by atoms with E-state index < -0.39 is 0 Å². The lowest BCUT2D eigenvalue weighted by Gasteiger charge is -2.20. The molecule has 0 atom stereocenters. The zero-order chi connectivity index (χ0) is 25.2. The van der Waals surface area contributed by atoms with E-state index in [9.17, 15) is 4.79 Å². The van der Waals surface area contributed by atoms with E-state index in [2.05, 4.69) is 37.4 Å². The number of hydrogen-bond acceptors (Lipinski definition) is 5. The van der Waals surface area contributed by atoms with Crippen molar-refractivity contribution in [3.63, 3.8) is 0 Å². The average Bonchev–Trinajstić information content (AvgIpc) is 3.68. The van der Waals surface area contributed by atoms with Crippen LogP contribution in [0.1, 0.15) is 101 Å². The summed E-state index contributed by atoms with van der Waals surface area (Å²) in [5.41, 5.74) is 3.40. The van der Waals surface area contributed by atoms with Crippen molar-refractivity contribution in [3.8, 4) is 0 Å². The minimum absolute atomic E-state index is 0.0762. The Labute approximate surface area is 224 Å². The summed E-state index contributed by atoms with van der Waals surface area (Å²) in [7, 11) is 0. The monoisotopic (exact) mass is 524 g/mol. The molecule has 4 rings (SSSR count). The van der Waals surface area contributed by atoms with Crippen molar-refractivity contribution in [2.24, 2.45) is 4.99 Å². The van der Waals surface area contributed by atoms with Crippen molar-refractivity contribution in [2.75, 3.05) is 13.2 Å². The third-order valence-electron chi connectivity index (χ3n) is 6.86. The molecule has 1 amide bonds. The number of ether oxygens (including phenoxy) is 1. The lowest BCUT2D eigenvalue weighted by atomic mass is 10.1. The number of amides is 1. The Morgan fingerprint density at radius 3 is 2.03 bits per heavy atom. The largest absolute Gasteiger partial charge is 0.477 e. The predicted octanol–water partition coefficient (Wildman–Crippen LogP) is 8.92. The average molecular weight is 525 g/mol. The summed E-state index contributed by atoms with van der Waals surface area (Å²) in [5, 5.41) is 4.13. The number of thiophene rings is 2. The van der Waals surface area contributed by atoms with Gasteiger partial charge in [0.15, 0.2) is 0 Å². The van der Waals surface area contributed by atoms with Gasteiger partial charge in [0.2, 0.25) is 5.90 Å². The molecule has 194 valence electrons. The first-order valence-corrected chi connectivity index (χ1v) is 15.6. The van der Waals surface area contributed by atoms with E-state index in [0.717, 1.165) is 58.1 Å². The van der Waals surface area contributed by atoms with Gasteiger partial charge in [-0.1, -0.05) is 90.2 Å². The summed E-state index contributed by atoms with van der Waals surface area (Å²) in [6, 6.07) is 8.26. The van der Waals surface area contributed by atoms with E-state index in [1.165, 1.54) is 57.8 Å². The maximum absolute atomic E-state index is 13.9. The molecule has 6 heteroatoms. The summed E-state index contributed by atoms with van der Waals surface area (Å²) in [6.07, 6.45) is 14.5. The number of fused-ring (bicyclic) bond motifs is 1. The molecule has 4 nitrogen and oxygen atoms in total. The number of aliphatic imine (C=N–C) groups is 1. The molecule has 0 aliphatic carbocycles. The molecule has 2 aromatic rings. The van der Waals surface area contributed by atoms with Crippen molar-refractivity contribution < 1.29 is 9.53 Å². The Hall–Kier alpha value is -2.18. The number of rotatable bonds is 16. The van der Waals surface area contributed by atoms with Gasteiger partial charge in [0.05, 0.1) is 38.9 Å². The van der Waals surface area contributed by atoms with E-state index >= 15 is 0 Å². The Bertz CT molecular complexity index is 1060. The molecule has 0 unspecified atom stereocenters. The number of unbranched alkanes of at least 4 members (excludes halogenated alkanes) is 10. The zero-order valence-corrected chi connectivity index (χ0v) is 23.5. The van der Waals surface area contributed by atoms with Gasteiger partial charge in [0.1, 0.15) is 0 Å². The second-order valence-electron chi connectivity index (χ2n) is 9.66. The SMILES string of the molecule is CCCCCCCCOC1=NC(c2cccs2)=C2C(=O)N(CCCCCCCC)C(c3cccs3)=C12. The molecule has 0 N–H and O–H groups in total. The van der Waals surface area contributed by atoms with E-state index in [0.29, 0.717) is 12.5 Å². The van der Waals surface area contributed by atoms with Gasteiger partial charge in [-0.05, 0) is 35.7 Å². The van der Waals surface area contributed by atoms with Gasteiger partial charge in [-0.3, -0.25) is 4.79 Å². The highest BCUT2D eigenvalue weighted by atomic mass is 32.1. The van der Waals surface area contributed by atoms with Gasteiger partial charge < -0.3 is 9.64 Å². The minimum Gasteiger partial charge on any atom is -0.477 e. The van der Waals surface area contributed by atoms with Crippen molar-refractivity contribution in [1.29, 1.82) is 0 Å². The lowest BCUT2D eigenvalue weighted by Crippen LogP contribution is -2.26. The van der Waals surface area contributed by atoms with E-state index in [-0.39, 0.29) is 5.91 Å². The summed E-state index contributed by atoms with van der Waals surface area (Å²) in [4.78, 5) is 23.0. The molecular weight excluding hydrogens is 484 g/mol. The van der Waals surface area contributed by atoms with E-state index in [4.69, 9.17) is 9.73 Å². The third-order valence-corrected chi connectivity index (χ3v) is 8.61. The fourth-order valence-corrected chi connectivity index (χ4v) is 6.42. The van der Waals surface area contributed by atoms with Gasteiger partial charge in [-0.25, -0.2) is 4.99 Å². The molecule has 0 radical (unpaired) electrons. The minimum atomic E-state index is 0.0762. The molecule has 2 aliphatic rings. The topological polar surface area (TPSA) is 41.9 Å². The number of hydrogen-bond donors (Lipinski definition) is 0. The van der Waals surface area contributed by atoms with E-state index in [1.807, 2.05) is 16.3 Å². The summed E-state index contributed by atoms with van der Waals surface area (Å²) < 4.78 is 6.33. The summed E-state index contributed by atoms with van der Waals surface area (Å²) in [6.45, 7) is 5.87. The van der Waals surface area contributed by atoms with Crippen molar-refractivity contribution in [3.05, 3.63) is 55.9 Å². The highest BCUT2D eigenvalue weighted by Gasteiger charge is 2.44. The molecule has 0 aromatic carbocycles. The second kappa shape index (κ2) is 13.9. The van der Waals surface area contributed by atoms with Crippen molar-refractivity contribution in [2.45, 2.75) is 90.9 Å². The van der Waals surface area contributed by atoms with Gasteiger partial charge in [-0.2, -0.15) is 0 Å². The van der Waals surface area contributed by atoms with Crippen molar-refractivity contribution in [1.82, 2.24) is 4.90 Å². The maximum atomic E-state index is 13.9. The molecule has 2 aliphatic heterocycles. The molecule has 0 spiro atoms. The zero-order valence-electron chi connectivity index (χ0n) is 21.9. The quantitative estimate of drug-likeness (QED) is 0.206. The van der Waals surface area contributed by atoms with Crippen LogP contribution in [0.25, 0.3) is 11.4 Å². The summed E-state index contributed by atoms with van der Waals surface area (Å²) in [5.74, 6) is 0.705. The van der Waals surface area contributed by atoms with Gasteiger partial charge in [0.25, 0.3) is 5.91 Å². The van der Waals surface area contributed by atoms with Crippen LogP contribution in [0.5, 0.6) is 0 Å². The highest BCUT2D eigenvalue weighted by Crippen LogP contribution is 2.46. The molecule has 0 fully saturated rings. The van der Waals surface area contributed by atoms with Crippen LogP contribution >= 0.6 is 22.7 Å². The predicted molar refractivity (Wildman–Crippen MR) is 154 cm³/mol.